The Morgan fingerprint density at radius 3 is 0.231 bits per heavy atom. The van der Waals surface area contributed by atoms with Gasteiger partial charge in [0.25, 0.3) is 0 Å². The van der Waals surface area contributed by atoms with Gasteiger partial charge in [0.05, 0.1) is 0 Å². The van der Waals surface area contributed by atoms with E-state index in [-0.39, 0.29) is 162 Å². The van der Waals surface area contributed by atoms with E-state index in [9.17, 15) is 0 Å². The maximum Gasteiger partial charge on any atom is 3.00 e. The first-order valence-corrected chi connectivity index (χ1v) is 0. The molecule has 0 aromatic rings. The molecular formula is H27I3O9Sm+9. The molecule has 0 bridgehead atoms. The molecular weight excluding hydrogens is 675 g/mol. The van der Waals surface area contributed by atoms with Crippen LogP contribution in [0, 0.1) is 40.4 Å². The van der Waals surface area contributed by atoms with Gasteiger partial charge in [0.2, 0.25) is 0 Å². The minimum atomic E-state index is 0. The summed E-state index contributed by atoms with van der Waals surface area (Å²) in [5.41, 5.74) is 0. The molecule has 0 aliphatic heterocycles. The third-order valence-electron chi connectivity index (χ3n) is 0. The second-order valence-electron chi connectivity index (χ2n) is 0. The normalized spacial score (nSPS) is 0. The predicted octanol–water partition coefficient (Wildman–Crippen LogP) is -17.3. The Morgan fingerprint density at radius 2 is 0.231 bits per heavy atom. The van der Waals surface area contributed by atoms with E-state index in [0.29, 0.717) is 0 Å². The summed E-state index contributed by atoms with van der Waals surface area (Å²) in [6, 6.07) is 0. The third-order valence-corrected chi connectivity index (χ3v) is 0. The minimum Gasteiger partial charge on any atom is -1.00 e. The molecule has 0 atom stereocenters. The Morgan fingerprint density at radius 1 is 0.231 bits per heavy atom. The average molecular weight is 702 g/mol. The van der Waals surface area contributed by atoms with E-state index in [1.165, 1.54) is 0 Å². The molecule has 0 saturated carbocycles. The van der Waals surface area contributed by atoms with Gasteiger partial charge in [-0.1, -0.05) is 0 Å². The van der Waals surface area contributed by atoms with Crippen molar-refractivity contribution in [3.8, 4) is 0 Å². The predicted molar refractivity (Wildman–Crippen MR) is 43.8 cm³/mol. The molecule has 0 rings (SSSR count). The van der Waals surface area contributed by atoms with Crippen LogP contribution in [0.2, 0.25) is 0 Å². The van der Waals surface area contributed by atoms with Crippen LogP contribution in [-0.2, 0) is 49.3 Å². The van der Waals surface area contributed by atoms with Crippen LogP contribution >= 0.6 is 0 Å². The maximum atomic E-state index is 0. The number of rotatable bonds is 0. The third kappa shape index (κ3) is 262. The minimum absolute atomic E-state index is 0. The number of hydrogen-bond acceptors (Lipinski definition) is 0. The Bertz CT molecular complexity index is 14.8. The largest absolute Gasteiger partial charge is 3.00 e. The van der Waals surface area contributed by atoms with Crippen LogP contribution in [0.4, 0.5) is 0 Å². The fourth-order valence-corrected chi connectivity index (χ4v) is 0. The van der Waals surface area contributed by atoms with E-state index in [1.807, 2.05) is 0 Å². The standard InChI is InChI=1S/3HI.9H2O.Sm/h3*1H;9*1H2;/q;;;;;;;;;;;;+3/p+6. The van der Waals surface area contributed by atoms with Crippen molar-refractivity contribution in [3.05, 3.63) is 0 Å². The topological polar surface area (TPSA) is 297 Å². The fraction of sp³-hybridized carbons (Fsp3) is 0. The van der Waals surface area contributed by atoms with Crippen LogP contribution in [0.3, 0.4) is 0 Å². The summed E-state index contributed by atoms with van der Waals surface area (Å²) in [5, 5.41) is 0. The van der Waals surface area contributed by atoms with Crippen molar-refractivity contribution in [2.24, 2.45) is 0 Å². The van der Waals surface area contributed by atoms with Crippen LogP contribution in [-0.4, -0.2) is 0 Å². The Hall–Kier alpha value is 3.17. The number of halogens is 3. The summed E-state index contributed by atoms with van der Waals surface area (Å²) in [4.78, 5) is 0. The van der Waals surface area contributed by atoms with Crippen LogP contribution in [0.25, 0.3) is 0 Å². The van der Waals surface area contributed by atoms with Gasteiger partial charge >= 0.3 is 40.4 Å². The molecule has 0 aromatic heterocycles. The molecule has 27 N–H and O–H groups in total. The maximum absolute atomic E-state index is 0. The van der Waals surface area contributed by atoms with Gasteiger partial charge in [0.1, 0.15) is 0 Å². The van der Waals surface area contributed by atoms with E-state index in [2.05, 4.69) is 0 Å². The quantitative estimate of drug-likeness (QED) is 0.168. The Balaban J connectivity index is 0. The zero-order chi connectivity index (χ0) is 0. The van der Waals surface area contributed by atoms with Crippen LogP contribution < -0.4 is 71.9 Å². The first kappa shape index (κ1) is 371. The molecule has 0 heterocycles. The van der Waals surface area contributed by atoms with E-state index in [1.54, 1.807) is 0 Å². The van der Waals surface area contributed by atoms with Crippen LogP contribution in [0.1, 0.15) is 0 Å². The van der Waals surface area contributed by atoms with Gasteiger partial charge in [-0.2, -0.15) is 0 Å². The molecule has 13 heteroatoms. The van der Waals surface area contributed by atoms with Gasteiger partial charge in [-0.15, -0.1) is 0 Å². The number of hydrogen-bond donors (Lipinski definition) is 0. The SMILES string of the molecule is [I-].[I-].[I-].[OH3+].[OH3+].[OH3+].[OH3+].[OH3+].[OH3+].[OH3+].[OH3+].[OH3+].[Sm+3]. The van der Waals surface area contributed by atoms with Gasteiger partial charge in [-0.3, -0.25) is 0 Å². The van der Waals surface area contributed by atoms with E-state index in [4.69, 9.17) is 0 Å². The van der Waals surface area contributed by atoms with Gasteiger partial charge in [0, 0.05) is 0 Å². The molecule has 13 heavy (non-hydrogen) atoms. The Kier molecular flexibility index (Phi) is 8650. The van der Waals surface area contributed by atoms with Crippen molar-refractivity contribution >= 4 is 0 Å². The molecule has 0 aromatic carbocycles. The molecule has 0 unspecified atom stereocenters. The Labute approximate surface area is 159 Å². The van der Waals surface area contributed by atoms with Gasteiger partial charge in [0.15, 0.2) is 0 Å². The van der Waals surface area contributed by atoms with Crippen LogP contribution in [0.5, 0.6) is 0 Å². The van der Waals surface area contributed by atoms with E-state index >= 15 is 0 Å². The van der Waals surface area contributed by atoms with Crippen molar-refractivity contribution in [1.29, 1.82) is 0 Å². The molecule has 0 amide bonds. The molecule has 99 valence electrons. The van der Waals surface area contributed by atoms with Gasteiger partial charge < -0.3 is 121 Å². The van der Waals surface area contributed by atoms with Crippen molar-refractivity contribution in [3.63, 3.8) is 0 Å². The van der Waals surface area contributed by atoms with Crippen molar-refractivity contribution in [2.75, 3.05) is 0 Å². The van der Waals surface area contributed by atoms with Crippen molar-refractivity contribution < 1.29 is 162 Å². The van der Waals surface area contributed by atoms with Gasteiger partial charge in [-0.25, -0.2) is 0 Å². The monoisotopic (exact) mass is 704 g/mol. The van der Waals surface area contributed by atoms with Crippen molar-refractivity contribution in [1.82, 2.24) is 0 Å². The second kappa shape index (κ2) is 303. The molecule has 0 spiro atoms. The summed E-state index contributed by atoms with van der Waals surface area (Å²) in [5.74, 6) is 0. The molecule has 0 fully saturated rings. The fourth-order valence-electron chi connectivity index (χ4n) is 0. The summed E-state index contributed by atoms with van der Waals surface area (Å²) in [6.45, 7) is 0. The first-order valence-electron chi connectivity index (χ1n) is 0. The second-order valence-corrected chi connectivity index (χ2v) is 0. The molecule has 0 saturated heterocycles. The molecule has 0 aliphatic rings. The average Bonchev–Trinajstić information content (AvgIpc) is 0. The molecule has 0 aliphatic carbocycles. The van der Waals surface area contributed by atoms with Crippen LogP contribution in [0.15, 0.2) is 0 Å². The first-order chi connectivity index (χ1) is 0. The summed E-state index contributed by atoms with van der Waals surface area (Å²) in [6.07, 6.45) is 0. The summed E-state index contributed by atoms with van der Waals surface area (Å²) >= 11 is 0. The zero-order valence-electron chi connectivity index (χ0n) is 6.74. The zero-order valence-corrected chi connectivity index (χ0v) is 15.8. The van der Waals surface area contributed by atoms with Crippen molar-refractivity contribution in [2.45, 2.75) is 0 Å². The summed E-state index contributed by atoms with van der Waals surface area (Å²) in [7, 11) is 0. The molecule has 1 radical (unpaired) electrons. The van der Waals surface area contributed by atoms with E-state index in [0.717, 1.165) is 0 Å². The summed E-state index contributed by atoms with van der Waals surface area (Å²) < 4.78 is 0. The van der Waals surface area contributed by atoms with Gasteiger partial charge in [-0.05, 0) is 0 Å². The molecule has 9 nitrogen and oxygen atoms in total. The smallest absolute Gasteiger partial charge is 1.00 e. The van der Waals surface area contributed by atoms with E-state index < -0.39 is 0 Å².